The zero-order valence-corrected chi connectivity index (χ0v) is 21.9. The first kappa shape index (κ1) is 24.3. The quantitative estimate of drug-likeness (QED) is 0.419. The topological polar surface area (TPSA) is 55.6 Å². The molecule has 0 unspecified atom stereocenters. The van der Waals surface area contributed by atoms with E-state index in [4.69, 9.17) is 10.2 Å². The van der Waals surface area contributed by atoms with Gasteiger partial charge in [0.05, 0.1) is 18.2 Å². The van der Waals surface area contributed by atoms with Crippen LogP contribution in [0.3, 0.4) is 0 Å². The lowest BCUT2D eigenvalue weighted by atomic mass is 10.0. The Bertz CT molecular complexity index is 1030. The molecule has 0 radical (unpaired) electrons. The Morgan fingerprint density at radius 2 is 1.69 bits per heavy atom. The fraction of sp³-hybridized carbons (Fsp3) is 0.444. The number of nitrogens with zero attached hydrogens (tertiary/aromatic N) is 1. The molecule has 0 bridgehead atoms. The zero-order valence-electron chi connectivity index (χ0n) is 20.9. The van der Waals surface area contributed by atoms with Crippen molar-refractivity contribution in [2.45, 2.75) is 72.1 Å². The van der Waals surface area contributed by atoms with E-state index in [2.05, 4.69) is 65.1 Å². The first-order valence-electron chi connectivity index (χ1n) is 11.4. The third-order valence-corrected chi connectivity index (χ3v) is 11.6. The maximum absolute atomic E-state index is 13.7. The Hall–Kier alpha value is -2.37. The first-order chi connectivity index (χ1) is 14.8. The van der Waals surface area contributed by atoms with E-state index in [9.17, 15) is 4.79 Å². The number of rotatable bonds is 5. The van der Waals surface area contributed by atoms with Gasteiger partial charge < -0.3 is 15.1 Å². The largest absolute Gasteiger partial charge is 0.415 e. The molecule has 1 amide bonds. The average molecular weight is 451 g/mol. The monoisotopic (exact) mass is 450 g/mol. The number of aryl methyl sites for hydroxylation is 3. The number of anilines is 1. The van der Waals surface area contributed by atoms with Crippen LogP contribution >= 0.6 is 0 Å². The number of hydrogen-bond donors (Lipinski definition) is 1. The van der Waals surface area contributed by atoms with Gasteiger partial charge in [0.15, 0.2) is 8.32 Å². The van der Waals surface area contributed by atoms with Crippen molar-refractivity contribution in [3.05, 3.63) is 70.4 Å². The SMILES string of the molecule is Cc1ccc(C2=CN(C(=O)c3cc(C)c(C)cc3N)[C@H](CO[Si](C)(C)C(C)(C)C)C2)cc1. The number of nitrogen functional groups attached to an aromatic ring is 1. The Kier molecular flexibility index (Phi) is 6.73. The van der Waals surface area contributed by atoms with Crippen LogP contribution < -0.4 is 5.73 Å². The minimum absolute atomic E-state index is 0.0473. The summed E-state index contributed by atoms with van der Waals surface area (Å²) in [6.45, 7) is 17.9. The van der Waals surface area contributed by atoms with Crippen molar-refractivity contribution in [1.82, 2.24) is 4.90 Å². The summed E-state index contributed by atoms with van der Waals surface area (Å²) in [7, 11) is -1.94. The molecule has 0 aromatic heterocycles. The second-order valence-electron chi connectivity index (χ2n) is 10.7. The summed E-state index contributed by atoms with van der Waals surface area (Å²) in [5.41, 5.74) is 13.1. The lowest BCUT2D eigenvalue weighted by Gasteiger charge is -2.38. The van der Waals surface area contributed by atoms with Crippen molar-refractivity contribution in [2.24, 2.45) is 0 Å². The number of benzene rings is 2. The van der Waals surface area contributed by atoms with Crippen molar-refractivity contribution < 1.29 is 9.22 Å². The molecule has 0 fully saturated rings. The van der Waals surface area contributed by atoms with E-state index in [0.29, 0.717) is 17.9 Å². The van der Waals surface area contributed by atoms with Crippen LogP contribution in [0.4, 0.5) is 5.69 Å². The van der Waals surface area contributed by atoms with Gasteiger partial charge in [-0.1, -0.05) is 50.6 Å². The molecular formula is C27H38N2O2Si. The molecule has 2 aromatic rings. The first-order valence-corrected chi connectivity index (χ1v) is 14.3. The number of hydrogen-bond acceptors (Lipinski definition) is 3. The molecule has 2 N–H and O–H groups in total. The molecule has 32 heavy (non-hydrogen) atoms. The fourth-order valence-electron chi connectivity index (χ4n) is 3.69. The molecule has 1 aliphatic heterocycles. The molecule has 1 aliphatic rings. The molecule has 0 saturated carbocycles. The molecule has 5 heteroatoms. The van der Waals surface area contributed by atoms with E-state index in [-0.39, 0.29) is 17.0 Å². The van der Waals surface area contributed by atoms with Crippen LogP contribution in [0.15, 0.2) is 42.6 Å². The summed E-state index contributed by atoms with van der Waals surface area (Å²) in [5, 5.41) is 0.117. The van der Waals surface area contributed by atoms with Crippen LogP contribution in [-0.2, 0) is 4.43 Å². The van der Waals surface area contributed by atoms with E-state index in [0.717, 1.165) is 28.7 Å². The highest BCUT2D eigenvalue weighted by Crippen LogP contribution is 2.38. The highest BCUT2D eigenvalue weighted by molar-refractivity contribution is 6.74. The standard InChI is InChI=1S/C27H38N2O2Si/c1-18-9-11-21(12-10-18)22-15-23(17-31-32(7,8)27(4,5)6)29(16-22)26(30)24-13-19(2)20(3)14-25(24)28/h9-14,16,23H,15,17,28H2,1-8H3/t23-/m0/s1. The summed E-state index contributed by atoms with van der Waals surface area (Å²) in [4.78, 5) is 15.5. The van der Waals surface area contributed by atoms with Gasteiger partial charge >= 0.3 is 0 Å². The Balaban J connectivity index is 1.94. The predicted octanol–water partition coefficient (Wildman–Crippen LogP) is 6.47. The van der Waals surface area contributed by atoms with Crippen LogP contribution in [0, 0.1) is 20.8 Å². The summed E-state index contributed by atoms with van der Waals surface area (Å²) >= 11 is 0. The van der Waals surface area contributed by atoms with Crippen molar-refractivity contribution in [3.8, 4) is 0 Å². The Morgan fingerprint density at radius 3 is 2.28 bits per heavy atom. The number of nitrogens with two attached hydrogens (primary N) is 1. The minimum Gasteiger partial charge on any atom is -0.415 e. The molecule has 172 valence electrons. The van der Waals surface area contributed by atoms with Gasteiger partial charge in [-0.15, -0.1) is 0 Å². The van der Waals surface area contributed by atoms with E-state index >= 15 is 0 Å². The lowest BCUT2D eigenvalue weighted by molar-refractivity contribution is 0.0739. The van der Waals surface area contributed by atoms with Crippen molar-refractivity contribution in [2.75, 3.05) is 12.3 Å². The zero-order chi connectivity index (χ0) is 23.8. The number of carbonyl (C=O) groups is 1. The van der Waals surface area contributed by atoms with E-state index < -0.39 is 8.32 Å². The van der Waals surface area contributed by atoms with Crippen LogP contribution in [0.5, 0.6) is 0 Å². The predicted molar refractivity (Wildman–Crippen MR) is 137 cm³/mol. The number of carbonyl (C=O) groups excluding carboxylic acids is 1. The van der Waals surface area contributed by atoms with Crippen LogP contribution in [0.25, 0.3) is 5.57 Å². The van der Waals surface area contributed by atoms with Gasteiger partial charge in [-0.25, -0.2) is 0 Å². The molecule has 0 saturated heterocycles. The van der Waals surface area contributed by atoms with Gasteiger partial charge in [0.1, 0.15) is 0 Å². The third kappa shape index (κ3) is 4.99. The molecule has 2 aromatic carbocycles. The Labute approximate surface area is 194 Å². The average Bonchev–Trinajstić information content (AvgIpc) is 3.12. The highest BCUT2D eigenvalue weighted by Gasteiger charge is 2.39. The van der Waals surface area contributed by atoms with Gasteiger partial charge in [-0.3, -0.25) is 4.79 Å². The van der Waals surface area contributed by atoms with Crippen LogP contribution in [0.1, 0.15) is 59.8 Å². The molecular weight excluding hydrogens is 412 g/mol. The van der Waals surface area contributed by atoms with E-state index in [1.54, 1.807) is 0 Å². The second kappa shape index (κ2) is 8.87. The summed E-state index contributed by atoms with van der Waals surface area (Å²) in [6, 6.07) is 12.2. The van der Waals surface area contributed by atoms with E-state index in [1.807, 2.05) is 37.1 Å². The van der Waals surface area contributed by atoms with Gasteiger partial charge in [-0.2, -0.15) is 0 Å². The van der Waals surface area contributed by atoms with Gasteiger partial charge in [0, 0.05) is 11.9 Å². The minimum atomic E-state index is -1.94. The summed E-state index contributed by atoms with van der Waals surface area (Å²) < 4.78 is 6.55. The molecule has 0 aliphatic carbocycles. The lowest BCUT2D eigenvalue weighted by Crippen LogP contribution is -2.45. The maximum atomic E-state index is 13.7. The summed E-state index contributed by atoms with van der Waals surface area (Å²) in [6.07, 6.45) is 2.77. The van der Waals surface area contributed by atoms with Crippen molar-refractivity contribution in [3.63, 3.8) is 0 Å². The highest BCUT2D eigenvalue weighted by atomic mass is 28.4. The molecule has 0 spiro atoms. The second-order valence-corrected chi connectivity index (χ2v) is 15.5. The number of amides is 1. The normalized spacial score (nSPS) is 16.9. The van der Waals surface area contributed by atoms with Crippen molar-refractivity contribution in [1.29, 1.82) is 0 Å². The molecule has 1 atom stereocenters. The van der Waals surface area contributed by atoms with Crippen LogP contribution in [-0.4, -0.2) is 31.8 Å². The third-order valence-electron chi connectivity index (χ3n) is 7.14. The summed E-state index contributed by atoms with van der Waals surface area (Å²) in [5.74, 6) is -0.0588. The van der Waals surface area contributed by atoms with Gasteiger partial charge in [0.2, 0.25) is 0 Å². The van der Waals surface area contributed by atoms with Gasteiger partial charge in [0.25, 0.3) is 5.91 Å². The fourth-order valence-corrected chi connectivity index (χ4v) is 4.73. The maximum Gasteiger partial charge on any atom is 0.260 e. The van der Waals surface area contributed by atoms with Crippen LogP contribution in [0.2, 0.25) is 18.1 Å². The van der Waals surface area contributed by atoms with Crippen molar-refractivity contribution >= 4 is 25.5 Å². The van der Waals surface area contributed by atoms with Gasteiger partial charge in [-0.05, 0) is 79.7 Å². The molecule has 4 nitrogen and oxygen atoms in total. The Morgan fingerprint density at radius 1 is 1.09 bits per heavy atom. The molecule has 3 rings (SSSR count). The smallest absolute Gasteiger partial charge is 0.260 e. The molecule has 1 heterocycles. The van der Waals surface area contributed by atoms with E-state index in [1.165, 1.54) is 5.56 Å².